The van der Waals surface area contributed by atoms with Crippen LogP contribution in [0, 0.1) is 11.8 Å². The molecule has 0 aromatic heterocycles. The van der Waals surface area contributed by atoms with Gasteiger partial charge in [0.15, 0.2) is 0 Å². The number of hydrogen-bond donors (Lipinski definition) is 2. The minimum atomic E-state index is -0.995. The van der Waals surface area contributed by atoms with Gasteiger partial charge in [-0.2, -0.15) is 0 Å². The third-order valence-corrected chi connectivity index (χ3v) is 0.941. The van der Waals surface area contributed by atoms with Gasteiger partial charge in [-0.05, 0) is 0 Å². The van der Waals surface area contributed by atoms with E-state index in [4.69, 9.17) is 10.8 Å². The van der Waals surface area contributed by atoms with E-state index in [-0.39, 0.29) is 6.42 Å². The first-order valence-electron chi connectivity index (χ1n) is 3.12. The molecule has 0 saturated carbocycles. The fraction of sp³-hybridized carbons (Fsp3) is 0.571. The average molecular weight is 141 g/mol. The van der Waals surface area contributed by atoms with Crippen molar-refractivity contribution in [2.75, 3.05) is 0 Å². The number of carbonyl (C=O) groups is 1. The largest absolute Gasteiger partial charge is 0.480 e. The third kappa shape index (κ3) is 3.93. The Hall–Kier alpha value is -1.01. The van der Waals surface area contributed by atoms with E-state index in [1.54, 1.807) is 0 Å². The summed E-state index contributed by atoms with van der Waals surface area (Å²) < 4.78 is 0. The van der Waals surface area contributed by atoms with Gasteiger partial charge in [-0.3, -0.25) is 4.79 Å². The molecule has 0 radical (unpaired) electrons. The van der Waals surface area contributed by atoms with E-state index in [2.05, 4.69) is 11.8 Å². The van der Waals surface area contributed by atoms with Crippen molar-refractivity contribution in [3.05, 3.63) is 0 Å². The molecule has 0 aliphatic heterocycles. The zero-order valence-corrected chi connectivity index (χ0v) is 5.92. The Morgan fingerprint density at radius 3 is 2.70 bits per heavy atom. The van der Waals surface area contributed by atoms with Crippen LogP contribution in [-0.2, 0) is 4.79 Å². The Morgan fingerprint density at radius 2 is 2.30 bits per heavy atom. The molecule has 0 amide bonds. The standard InChI is InChI=1S/C7H11NO2/c1-2-3-4-5-6(8)7(9)10/h6H,2,5,8H2,1H3,(H,9,10). The van der Waals surface area contributed by atoms with Crippen molar-refractivity contribution in [1.29, 1.82) is 0 Å². The van der Waals surface area contributed by atoms with Crippen molar-refractivity contribution in [2.24, 2.45) is 5.73 Å². The first kappa shape index (κ1) is 8.99. The van der Waals surface area contributed by atoms with Crippen molar-refractivity contribution in [2.45, 2.75) is 25.8 Å². The number of hydrogen-bond acceptors (Lipinski definition) is 2. The smallest absolute Gasteiger partial charge is 0.321 e. The first-order chi connectivity index (χ1) is 4.68. The van der Waals surface area contributed by atoms with Crippen LogP contribution in [0.3, 0.4) is 0 Å². The zero-order chi connectivity index (χ0) is 7.98. The maximum Gasteiger partial charge on any atom is 0.321 e. The molecule has 0 aliphatic rings. The highest BCUT2D eigenvalue weighted by Gasteiger charge is 2.07. The van der Waals surface area contributed by atoms with Gasteiger partial charge in [-0.25, -0.2) is 0 Å². The lowest BCUT2D eigenvalue weighted by Crippen LogP contribution is -2.29. The van der Waals surface area contributed by atoms with Gasteiger partial charge in [0.25, 0.3) is 0 Å². The highest BCUT2D eigenvalue weighted by Crippen LogP contribution is 1.84. The second-order valence-corrected chi connectivity index (χ2v) is 1.86. The summed E-state index contributed by atoms with van der Waals surface area (Å²) in [4.78, 5) is 10.1. The van der Waals surface area contributed by atoms with Gasteiger partial charge in [0.2, 0.25) is 0 Å². The molecule has 0 spiro atoms. The van der Waals surface area contributed by atoms with Gasteiger partial charge in [0.1, 0.15) is 6.04 Å². The van der Waals surface area contributed by atoms with Gasteiger partial charge in [0, 0.05) is 12.8 Å². The fourth-order valence-corrected chi connectivity index (χ4v) is 0.394. The van der Waals surface area contributed by atoms with Gasteiger partial charge < -0.3 is 10.8 Å². The van der Waals surface area contributed by atoms with E-state index >= 15 is 0 Å². The number of aliphatic carboxylic acids is 1. The van der Waals surface area contributed by atoms with Crippen LogP contribution in [-0.4, -0.2) is 17.1 Å². The van der Waals surface area contributed by atoms with Gasteiger partial charge in [0.05, 0.1) is 0 Å². The maximum absolute atomic E-state index is 10.1. The quantitative estimate of drug-likeness (QED) is 0.540. The summed E-state index contributed by atoms with van der Waals surface area (Å²) in [7, 11) is 0. The van der Waals surface area contributed by atoms with Crippen molar-refractivity contribution >= 4 is 5.97 Å². The van der Waals surface area contributed by atoms with Crippen molar-refractivity contribution in [3.8, 4) is 11.8 Å². The van der Waals surface area contributed by atoms with Crippen LogP contribution in [0.25, 0.3) is 0 Å². The van der Waals surface area contributed by atoms with Crippen molar-refractivity contribution in [3.63, 3.8) is 0 Å². The van der Waals surface area contributed by atoms with Gasteiger partial charge in [-0.1, -0.05) is 6.92 Å². The lowest BCUT2D eigenvalue weighted by Gasteiger charge is -1.97. The molecule has 0 aromatic carbocycles. The van der Waals surface area contributed by atoms with E-state index < -0.39 is 12.0 Å². The molecule has 0 aromatic rings. The van der Waals surface area contributed by atoms with Crippen LogP contribution in [0.4, 0.5) is 0 Å². The van der Waals surface area contributed by atoms with Crippen molar-refractivity contribution in [1.82, 2.24) is 0 Å². The topological polar surface area (TPSA) is 63.3 Å². The molecule has 0 saturated heterocycles. The molecule has 3 N–H and O–H groups in total. The maximum atomic E-state index is 10.1. The van der Waals surface area contributed by atoms with Crippen LogP contribution < -0.4 is 5.73 Å². The Labute approximate surface area is 60.2 Å². The Bertz CT molecular complexity index is 166. The van der Waals surface area contributed by atoms with Gasteiger partial charge >= 0.3 is 5.97 Å². The second kappa shape index (κ2) is 4.83. The minimum absolute atomic E-state index is 0.239. The van der Waals surface area contributed by atoms with E-state index in [1.165, 1.54) is 0 Å². The lowest BCUT2D eigenvalue weighted by molar-refractivity contribution is -0.138. The molecule has 0 rings (SSSR count). The minimum Gasteiger partial charge on any atom is -0.480 e. The molecule has 56 valence electrons. The molecule has 1 atom stereocenters. The highest BCUT2D eigenvalue weighted by molar-refractivity contribution is 5.73. The number of carboxylic acid groups (broad SMARTS) is 1. The number of rotatable bonds is 2. The first-order valence-corrected chi connectivity index (χ1v) is 3.12. The molecule has 3 heteroatoms. The number of nitrogens with two attached hydrogens (primary N) is 1. The molecule has 0 aliphatic carbocycles. The van der Waals surface area contributed by atoms with Crippen molar-refractivity contribution < 1.29 is 9.90 Å². The normalized spacial score (nSPS) is 11.4. The van der Waals surface area contributed by atoms with E-state index in [0.717, 1.165) is 6.42 Å². The summed E-state index contributed by atoms with van der Waals surface area (Å²) in [6.45, 7) is 1.90. The Morgan fingerprint density at radius 1 is 1.70 bits per heavy atom. The van der Waals surface area contributed by atoms with E-state index in [1.807, 2.05) is 6.92 Å². The monoisotopic (exact) mass is 141 g/mol. The average Bonchev–Trinajstić information content (AvgIpc) is 1.88. The van der Waals surface area contributed by atoms with Crippen LogP contribution in [0.15, 0.2) is 0 Å². The van der Waals surface area contributed by atoms with E-state index in [9.17, 15) is 4.79 Å². The summed E-state index contributed by atoms with van der Waals surface area (Å²) >= 11 is 0. The molecule has 0 heterocycles. The predicted octanol–water partition coefficient (Wildman–Crippen LogP) is 0.202. The molecular weight excluding hydrogens is 130 g/mol. The lowest BCUT2D eigenvalue weighted by atomic mass is 10.2. The predicted molar refractivity (Wildman–Crippen MR) is 38.3 cm³/mol. The summed E-state index contributed by atoms with van der Waals surface area (Å²) in [6.07, 6.45) is 0.982. The second-order valence-electron chi connectivity index (χ2n) is 1.86. The molecule has 10 heavy (non-hydrogen) atoms. The fourth-order valence-electron chi connectivity index (χ4n) is 0.394. The third-order valence-electron chi connectivity index (χ3n) is 0.941. The number of carboxylic acids is 1. The molecular formula is C7H11NO2. The molecule has 3 nitrogen and oxygen atoms in total. The SMILES string of the molecule is CCC#CCC(N)C(=O)O. The summed E-state index contributed by atoms with van der Waals surface area (Å²) in [5.41, 5.74) is 5.16. The summed E-state index contributed by atoms with van der Waals surface area (Å²) in [6, 6.07) is -0.834. The molecule has 0 fully saturated rings. The van der Waals surface area contributed by atoms with Crippen LogP contribution in [0.1, 0.15) is 19.8 Å². The van der Waals surface area contributed by atoms with Crippen LogP contribution in [0.2, 0.25) is 0 Å². The molecule has 1 unspecified atom stereocenters. The molecule has 0 bridgehead atoms. The van der Waals surface area contributed by atoms with Gasteiger partial charge in [-0.15, -0.1) is 11.8 Å². The summed E-state index contributed by atoms with van der Waals surface area (Å²) in [5.74, 6) is 4.41. The Kier molecular flexibility index (Phi) is 4.34. The van der Waals surface area contributed by atoms with Crippen LogP contribution in [0.5, 0.6) is 0 Å². The summed E-state index contributed by atoms with van der Waals surface area (Å²) in [5, 5.41) is 8.29. The highest BCUT2D eigenvalue weighted by atomic mass is 16.4. The van der Waals surface area contributed by atoms with E-state index in [0.29, 0.717) is 0 Å². The zero-order valence-electron chi connectivity index (χ0n) is 5.92. The van der Waals surface area contributed by atoms with Crippen LogP contribution >= 0.6 is 0 Å². The Balaban J connectivity index is 3.58.